The molecule has 4 aromatic rings. The van der Waals surface area contributed by atoms with Gasteiger partial charge < -0.3 is 5.32 Å². The Bertz CT molecular complexity index is 1130. The molecule has 0 saturated heterocycles. The fourth-order valence-electron chi connectivity index (χ4n) is 3.70. The molecule has 0 radical (unpaired) electrons. The SMILES string of the molecule is O=C(Nc1ccc(-n2cncn2)cc1)c1c2c(nc3ccccc13)CCC2. The zero-order valence-electron chi connectivity index (χ0n) is 14.6. The van der Waals surface area contributed by atoms with Crippen LogP contribution in [-0.2, 0) is 12.8 Å². The van der Waals surface area contributed by atoms with Crippen LogP contribution in [0, 0.1) is 0 Å². The number of nitrogens with zero attached hydrogens (tertiary/aromatic N) is 4. The second-order valence-electron chi connectivity index (χ2n) is 6.62. The van der Waals surface area contributed by atoms with Gasteiger partial charge in [-0.05, 0) is 55.2 Å². The summed E-state index contributed by atoms with van der Waals surface area (Å²) in [6.07, 6.45) is 6.02. The normalized spacial score (nSPS) is 12.9. The first kappa shape index (κ1) is 15.7. The number of hydrogen-bond donors (Lipinski definition) is 1. The minimum absolute atomic E-state index is 0.0831. The number of anilines is 1. The molecule has 2 aromatic heterocycles. The maximum atomic E-state index is 13.1. The molecule has 2 aromatic carbocycles. The number of pyridine rings is 1. The van der Waals surface area contributed by atoms with E-state index in [9.17, 15) is 4.79 Å². The van der Waals surface area contributed by atoms with Crippen molar-refractivity contribution in [2.45, 2.75) is 19.3 Å². The number of hydrogen-bond acceptors (Lipinski definition) is 4. The van der Waals surface area contributed by atoms with Crippen molar-refractivity contribution in [1.29, 1.82) is 0 Å². The maximum absolute atomic E-state index is 13.1. The molecule has 6 heteroatoms. The van der Waals surface area contributed by atoms with Crippen LogP contribution in [0.5, 0.6) is 0 Å². The summed E-state index contributed by atoms with van der Waals surface area (Å²) in [5.74, 6) is -0.0831. The van der Waals surface area contributed by atoms with Crippen molar-refractivity contribution in [3.8, 4) is 5.69 Å². The Morgan fingerprint density at radius 3 is 2.70 bits per heavy atom. The number of para-hydroxylation sites is 1. The molecule has 1 amide bonds. The summed E-state index contributed by atoms with van der Waals surface area (Å²) >= 11 is 0. The zero-order chi connectivity index (χ0) is 18.2. The van der Waals surface area contributed by atoms with Crippen molar-refractivity contribution < 1.29 is 4.79 Å². The average molecular weight is 355 g/mol. The third-order valence-electron chi connectivity index (χ3n) is 4.95. The molecule has 0 atom stereocenters. The first-order valence-electron chi connectivity index (χ1n) is 8.96. The van der Waals surface area contributed by atoms with Crippen LogP contribution >= 0.6 is 0 Å². The minimum atomic E-state index is -0.0831. The van der Waals surface area contributed by atoms with Gasteiger partial charge in [0.15, 0.2) is 0 Å². The highest BCUT2D eigenvalue weighted by Gasteiger charge is 2.23. The van der Waals surface area contributed by atoms with Gasteiger partial charge in [-0.15, -0.1) is 0 Å². The number of amides is 1. The van der Waals surface area contributed by atoms with E-state index in [1.165, 1.54) is 6.33 Å². The van der Waals surface area contributed by atoms with Crippen molar-refractivity contribution in [3.63, 3.8) is 0 Å². The second kappa shape index (κ2) is 6.32. The summed E-state index contributed by atoms with van der Waals surface area (Å²) in [5.41, 5.74) is 5.42. The number of rotatable bonds is 3. The van der Waals surface area contributed by atoms with E-state index in [0.717, 1.165) is 58.4 Å². The van der Waals surface area contributed by atoms with Crippen molar-refractivity contribution in [2.24, 2.45) is 0 Å². The molecule has 1 aliphatic rings. The summed E-state index contributed by atoms with van der Waals surface area (Å²) in [7, 11) is 0. The highest BCUT2D eigenvalue weighted by atomic mass is 16.1. The van der Waals surface area contributed by atoms with Gasteiger partial charge in [0, 0.05) is 16.8 Å². The molecular formula is C21H17N5O. The van der Waals surface area contributed by atoms with Crippen molar-refractivity contribution in [1.82, 2.24) is 19.7 Å². The number of carbonyl (C=O) groups is 1. The molecule has 1 aliphatic carbocycles. The van der Waals surface area contributed by atoms with Crippen LogP contribution in [0.15, 0.2) is 61.2 Å². The Morgan fingerprint density at radius 2 is 1.89 bits per heavy atom. The lowest BCUT2D eigenvalue weighted by Crippen LogP contribution is -2.15. The third kappa shape index (κ3) is 2.75. The lowest BCUT2D eigenvalue weighted by Gasteiger charge is -2.13. The molecule has 6 nitrogen and oxygen atoms in total. The predicted molar refractivity (Wildman–Crippen MR) is 103 cm³/mol. The van der Waals surface area contributed by atoms with Gasteiger partial charge in [-0.2, -0.15) is 5.10 Å². The van der Waals surface area contributed by atoms with Crippen LogP contribution in [0.2, 0.25) is 0 Å². The Kier molecular flexibility index (Phi) is 3.67. The van der Waals surface area contributed by atoms with Crippen LogP contribution in [0.3, 0.4) is 0 Å². The van der Waals surface area contributed by atoms with E-state index in [0.29, 0.717) is 0 Å². The number of aromatic nitrogens is 4. The van der Waals surface area contributed by atoms with Gasteiger partial charge in [0.2, 0.25) is 0 Å². The molecule has 132 valence electrons. The molecule has 0 spiro atoms. The second-order valence-corrected chi connectivity index (χ2v) is 6.62. The Balaban J connectivity index is 1.50. The van der Waals surface area contributed by atoms with Gasteiger partial charge in [0.1, 0.15) is 12.7 Å². The van der Waals surface area contributed by atoms with Crippen LogP contribution in [0.25, 0.3) is 16.6 Å². The topological polar surface area (TPSA) is 72.7 Å². The molecule has 0 bridgehead atoms. The lowest BCUT2D eigenvalue weighted by atomic mass is 10.0. The van der Waals surface area contributed by atoms with E-state index in [4.69, 9.17) is 4.98 Å². The monoisotopic (exact) mass is 355 g/mol. The largest absolute Gasteiger partial charge is 0.322 e. The molecule has 0 saturated carbocycles. The van der Waals surface area contributed by atoms with Crippen LogP contribution in [0.4, 0.5) is 5.69 Å². The number of nitrogens with one attached hydrogen (secondary N) is 1. The summed E-state index contributed by atoms with van der Waals surface area (Å²) < 4.78 is 1.68. The molecular weight excluding hydrogens is 338 g/mol. The summed E-state index contributed by atoms with van der Waals surface area (Å²) in [6.45, 7) is 0. The maximum Gasteiger partial charge on any atom is 0.256 e. The zero-order valence-corrected chi connectivity index (χ0v) is 14.6. The minimum Gasteiger partial charge on any atom is -0.322 e. The molecule has 1 N–H and O–H groups in total. The molecule has 0 aliphatic heterocycles. The van der Waals surface area contributed by atoms with E-state index >= 15 is 0 Å². The first-order chi connectivity index (χ1) is 13.3. The highest BCUT2D eigenvalue weighted by Crippen LogP contribution is 2.30. The highest BCUT2D eigenvalue weighted by molar-refractivity contribution is 6.13. The molecule has 27 heavy (non-hydrogen) atoms. The quantitative estimate of drug-likeness (QED) is 0.610. The van der Waals surface area contributed by atoms with E-state index in [1.54, 1.807) is 11.0 Å². The third-order valence-corrected chi connectivity index (χ3v) is 4.95. The van der Waals surface area contributed by atoms with Crippen LogP contribution in [0.1, 0.15) is 28.0 Å². The lowest BCUT2D eigenvalue weighted by molar-refractivity contribution is 0.102. The number of benzene rings is 2. The summed E-state index contributed by atoms with van der Waals surface area (Å²) in [5, 5.41) is 8.06. The molecule has 5 rings (SSSR count). The van der Waals surface area contributed by atoms with E-state index in [-0.39, 0.29) is 5.91 Å². The van der Waals surface area contributed by atoms with Crippen molar-refractivity contribution in [2.75, 3.05) is 5.32 Å². The number of carbonyl (C=O) groups excluding carboxylic acids is 1. The summed E-state index contributed by atoms with van der Waals surface area (Å²) in [6, 6.07) is 15.4. The number of aryl methyl sites for hydroxylation is 1. The summed E-state index contributed by atoms with van der Waals surface area (Å²) in [4.78, 5) is 21.8. The van der Waals surface area contributed by atoms with Gasteiger partial charge in [-0.1, -0.05) is 18.2 Å². The average Bonchev–Trinajstić information content (AvgIpc) is 3.38. The van der Waals surface area contributed by atoms with Crippen molar-refractivity contribution in [3.05, 3.63) is 78.0 Å². The Morgan fingerprint density at radius 1 is 1.04 bits per heavy atom. The fraction of sp³-hybridized carbons (Fsp3) is 0.143. The number of fused-ring (bicyclic) bond motifs is 2. The van der Waals surface area contributed by atoms with E-state index in [2.05, 4.69) is 15.4 Å². The van der Waals surface area contributed by atoms with E-state index in [1.807, 2.05) is 48.5 Å². The van der Waals surface area contributed by atoms with Gasteiger partial charge in [0.25, 0.3) is 5.91 Å². The fourth-order valence-corrected chi connectivity index (χ4v) is 3.70. The van der Waals surface area contributed by atoms with Gasteiger partial charge in [-0.25, -0.2) is 9.67 Å². The molecule has 0 fully saturated rings. The smallest absolute Gasteiger partial charge is 0.256 e. The first-order valence-corrected chi connectivity index (χ1v) is 8.96. The molecule has 2 heterocycles. The Hall–Kier alpha value is -3.54. The standard InChI is InChI=1S/C21H17N5O/c27-21(24-14-8-10-15(11-9-14)26-13-22-12-23-26)20-16-4-1-2-6-18(16)25-19-7-3-5-17(19)20/h1-2,4,6,8-13H,3,5,7H2,(H,24,27). The van der Waals surface area contributed by atoms with Gasteiger partial charge in [0.05, 0.1) is 16.8 Å². The van der Waals surface area contributed by atoms with Gasteiger partial charge in [-0.3, -0.25) is 9.78 Å². The van der Waals surface area contributed by atoms with Crippen LogP contribution < -0.4 is 5.32 Å². The van der Waals surface area contributed by atoms with E-state index < -0.39 is 0 Å². The van der Waals surface area contributed by atoms with Gasteiger partial charge >= 0.3 is 0 Å². The predicted octanol–water partition coefficient (Wildman–Crippen LogP) is 3.56. The molecule has 0 unspecified atom stereocenters. The van der Waals surface area contributed by atoms with Crippen molar-refractivity contribution >= 4 is 22.5 Å². The Labute approximate surface area is 155 Å². The van der Waals surface area contributed by atoms with Crippen LogP contribution in [-0.4, -0.2) is 25.7 Å².